The van der Waals surface area contributed by atoms with Crippen molar-refractivity contribution in [2.45, 2.75) is 13.8 Å². The smallest absolute Gasteiger partial charge is 0.254 e. The first-order chi connectivity index (χ1) is 17.0. The highest BCUT2D eigenvalue weighted by atomic mass is 16.5. The number of carbonyl (C=O) groups excluding carboxylic acids is 2. The number of carbonyl (C=O) groups is 2. The molecule has 4 rings (SSSR count). The van der Waals surface area contributed by atoms with E-state index in [1.54, 1.807) is 13.2 Å². The van der Waals surface area contributed by atoms with Crippen LogP contribution >= 0.6 is 0 Å². The molecule has 3 aromatic carbocycles. The van der Waals surface area contributed by atoms with Crippen LogP contribution < -0.4 is 10.1 Å². The first kappa shape index (κ1) is 23.8. The topological polar surface area (TPSA) is 76.5 Å². The predicted octanol–water partition coefficient (Wildman–Crippen LogP) is 4.96. The molecule has 7 heteroatoms. The Hall–Kier alpha value is -4.39. The molecule has 0 bridgehead atoms. The SMILES string of the molecule is CCN(CC(=O)Nc1nc(-c2ccc(OC)cc2)cn1-c1ccccc1)C(=O)c1ccccc1C. The minimum absolute atomic E-state index is 0.0802. The fraction of sp³-hybridized carbons (Fsp3) is 0.179. The average Bonchev–Trinajstić information content (AvgIpc) is 3.31. The third-order valence-corrected chi connectivity index (χ3v) is 5.76. The molecule has 4 aromatic rings. The zero-order chi connectivity index (χ0) is 24.8. The second-order valence-corrected chi connectivity index (χ2v) is 8.07. The summed E-state index contributed by atoms with van der Waals surface area (Å²) in [7, 11) is 1.62. The van der Waals surface area contributed by atoms with E-state index in [-0.39, 0.29) is 18.4 Å². The monoisotopic (exact) mass is 468 g/mol. The molecule has 2 amide bonds. The van der Waals surface area contributed by atoms with Crippen LogP contribution in [-0.4, -0.2) is 46.5 Å². The van der Waals surface area contributed by atoms with E-state index in [9.17, 15) is 9.59 Å². The number of ether oxygens (including phenoxy) is 1. The molecular weight excluding hydrogens is 440 g/mol. The normalized spacial score (nSPS) is 10.6. The van der Waals surface area contributed by atoms with Gasteiger partial charge in [-0.05, 0) is 61.9 Å². The Morgan fingerprint density at radius 2 is 1.66 bits per heavy atom. The lowest BCUT2D eigenvalue weighted by atomic mass is 10.1. The van der Waals surface area contributed by atoms with Crippen LogP contribution in [0.5, 0.6) is 5.75 Å². The number of rotatable bonds is 8. The standard InChI is InChI=1S/C28H28N4O3/c1-4-31(27(34)24-13-9-8-10-20(24)2)19-26(33)30-28-29-25(21-14-16-23(35-3)17-15-21)18-32(28)22-11-6-5-7-12-22/h5-18H,4,19H2,1-3H3,(H,29,30,33). The third-order valence-electron chi connectivity index (χ3n) is 5.76. The second-order valence-electron chi connectivity index (χ2n) is 8.07. The van der Waals surface area contributed by atoms with Crippen molar-refractivity contribution in [3.63, 3.8) is 0 Å². The Balaban J connectivity index is 1.59. The lowest BCUT2D eigenvalue weighted by Gasteiger charge is -2.21. The molecule has 35 heavy (non-hydrogen) atoms. The number of methoxy groups -OCH3 is 1. The van der Waals surface area contributed by atoms with Gasteiger partial charge in [0, 0.05) is 29.6 Å². The average molecular weight is 469 g/mol. The van der Waals surface area contributed by atoms with Gasteiger partial charge in [-0.15, -0.1) is 0 Å². The molecule has 0 atom stereocenters. The van der Waals surface area contributed by atoms with Crippen LogP contribution in [0.1, 0.15) is 22.8 Å². The van der Waals surface area contributed by atoms with E-state index in [1.807, 2.05) is 97.4 Å². The number of hydrogen-bond donors (Lipinski definition) is 1. The molecule has 0 aliphatic rings. The van der Waals surface area contributed by atoms with Crippen LogP contribution in [-0.2, 0) is 4.79 Å². The first-order valence-electron chi connectivity index (χ1n) is 11.4. The number of hydrogen-bond acceptors (Lipinski definition) is 4. The van der Waals surface area contributed by atoms with Crippen LogP contribution in [0.4, 0.5) is 5.95 Å². The van der Waals surface area contributed by atoms with Gasteiger partial charge in [-0.2, -0.15) is 0 Å². The van der Waals surface area contributed by atoms with Crippen molar-refractivity contribution < 1.29 is 14.3 Å². The fourth-order valence-corrected chi connectivity index (χ4v) is 3.80. The molecule has 0 aliphatic carbocycles. The van der Waals surface area contributed by atoms with E-state index in [4.69, 9.17) is 4.74 Å². The molecule has 0 saturated heterocycles. The lowest BCUT2D eigenvalue weighted by Crippen LogP contribution is -2.38. The van der Waals surface area contributed by atoms with E-state index in [0.717, 1.165) is 22.6 Å². The number of para-hydroxylation sites is 1. The number of nitrogens with one attached hydrogen (secondary N) is 1. The molecule has 0 spiro atoms. The summed E-state index contributed by atoms with van der Waals surface area (Å²) in [6, 6.07) is 24.6. The van der Waals surface area contributed by atoms with E-state index in [2.05, 4.69) is 10.3 Å². The van der Waals surface area contributed by atoms with Crippen LogP contribution in [0.25, 0.3) is 16.9 Å². The molecule has 0 aliphatic heterocycles. The quantitative estimate of drug-likeness (QED) is 0.397. The van der Waals surface area contributed by atoms with Gasteiger partial charge in [-0.25, -0.2) is 4.98 Å². The molecule has 1 N–H and O–H groups in total. The molecule has 0 unspecified atom stereocenters. The molecule has 1 aromatic heterocycles. The van der Waals surface area contributed by atoms with Crippen molar-refractivity contribution in [3.05, 3.63) is 96.2 Å². The molecule has 0 saturated carbocycles. The minimum atomic E-state index is -0.321. The molecular formula is C28H28N4O3. The molecule has 178 valence electrons. The zero-order valence-corrected chi connectivity index (χ0v) is 20.1. The molecule has 1 heterocycles. The summed E-state index contributed by atoms with van der Waals surface area (Å²) < 4.78 is 7.08. The molecule has 0 fully saturated rings. The second kappa shape index (κ2) is 10.7. The Kier molecular flexibility index (Phi) is 7.26. The van der Waals surface area contributed by atoms with Crippen LogP contribution in [0.2, 0.25) is 0 Å². The summed E-state index contributed by atoms with van der Waals surface area (Å²) in [5.74, 6) is 0.637. The molecule has 0 radical (unpaired) electrons. The van der Waals surface area contributed by atoms with Gasteiger partial charge >= 0.3 is 0 Å². The highest BCUT2D eigenvalue weighted by Crippen LogP contribution is 2.26. The number of aryl methyl sites for hydroxylation is 1. The predicted molar refractivity (Wildman–Crippen MR) is 137 cm³/mol. The van der Waals surface area contributed by atoms with Crippen molar-refractivity contribution in [1.29, 1.82) is 0 Å². The summed E-state index contributed by atoms with van der Waals surface area (Å²) >= 11 is 0. The van der Waals surface area contributed by atoms with Crippen molar-refractivity contribution >= 4 is 17.8 Å². The van der Waals surface area contributed by atoms with Crippen LogP contribution in [0.3, 0.4) is 0 Å². The van der Waals surface area contributed by atoms with E-state index < -0.39 is 0 Å². The number of amides is 2. The fourth-order valence-electron chi connectivity index (χ4n) is 3.80. The van der Waals surface area contributed by atoms with Gasteiger partial charge in [-0.3, -0.25) is 19.5 Å². The van der Waals surface area contributed by atoms with Gasteiger partial charge in [0.15, 0.2) is 0 Å². The maximum Gasteiger partial charge on any atom is 0.254 e. The van der Waals surface area contributed by atoms with E-state index in [0.29, 0.717) is 23.8 Å². The van der Waals surface area contributed by atoms with E-state index in [1.165, 1.54) is 4.90 Å². The van der Waals surface area contributed by atoms with Crippen molar-refractivity contribution in [3.8, 4) is 22.7 Å². The van der Waals surface area contributed by atoms with Gasteiger partial charge in [0.1, 0.15) is 12.3 Å². The number of aromatic nitrogens is 2. The maximum absolute atomic E-state index is 13.0. The molecule has 7 nitrogen and oxygen atoms in total. The summed E-state index contributed by atoms with van der Waals surface area (Å²) in [5.41, 5.74) is 3.92. The number of likely N-dealkylation sites (N-methyl/N-ethyl adjacent to an activating group) is 1. The van der Waals surface area contributed by atoms with Crippen molar-refractivity contribution in [2.24, 2.45) is 0 Å². The third kappa shape index (κ3) is 5.41. The van der Waals surface area contributed by atoms with Crippen LogP contribution in [0.15, 0.2) is 85.1 Å². The Labute approximate surface area is 205 Å². The van der Waals surface area contributed by atoms with Gasteiger partial charge in [0.05, 0.1) is 12.8 Å². The summed E-state index contributed by atoms with van der Waals surface area (Å²) in [6.07, 6.45) is 1.88. The number of nitrogens with zero attached hydrogens (tertiary/aromatic N) is 3. The number of imidazole rings is 1. The van der Waals surface area contributed by atoms with Crippen molar-refractivity contribution in [1.82, 2.24) is 14.5 Å². The van der Waals surface area contributed by atoms with E-state index >= 15 is 0 Å². The number of anilines is 1. The van der Waals surface area contributed by atoms with Crippen LogP contribution in [0, 0.1) is 6.92 Å². The lowest BCUT2D eigenvalue weighted by molar-refractivity contribution is -0.116. The van der Waals surface area contributed by atoms with Gasteiger partial charge in [0.25, 0.3) is 5.91 Å². The van der Waals surface area contributed by atoms with Gasteiger partial charge in [-0.1, -0.05) is 36.4 Å². The Morgan fingerprint density at radius 1 is 0.971 bits per heavy atom. The summed E-state index contributed by atoms with van der Waals surface area (Å²) in [4.78, 5) is 32.3. The first-order valence-corrected chi connectivity index (χ1v) is 11.4. The van der Waals surface area contributed by atoms with Gasteiger partial charge < -0.3 is 9.64 Å². The maximum atomic E-state index is 13.0. The van der Waals surface area contributed by atoms with Gasteiger partial charge in [0.2, 0.25) is 11.9 Å². The highest BCUT2D eigenvalue weighted by molar-refractivity contribution is 5.99. The van der Waals surface area contributed by atoms with Crippen molar-refractivity contribution in [2.75, 3.05) is 25.5 Å². The minimum Gasteiger partial charge on any atom is -0.497 e. The summed E-state index contributed by atoms with van der Waals surface area (Å²) in [6.45, 7) is 4.07. The number of benzene rings is 3. The Bertz CT molecular complexity index is 1310. The Morgan fingerprint density at radius 3 is 2.31 bits per heavy atom. The summed E-state index contributed by atoms with van der Waals surface area (Å²) in [5, 5.41) is 2.90. The highest BCUT2D eigenvalue weighted by Gasteiger charge is 2.20. The largest absolute Gasteiger partial charge is 0.497 e. The zero-order valence-electron chi connectivity index (χ0n) is 20.1.